The first-order valence-corrected chi connectivity index (χ1v) is 9.80. The number of carbonyl (C=O) groups excluding carboxylic acids is 2. The van der Waals surface area contributed by atoms with E-state index in [0.717, 1.165) is 38.8 Å². The first-order chi connectivity index (χ1) is 11.5. The van der Waals surface area contributed by atoms with Crippen molar-refractivity contribution in [1.82, 2.24) is 10.2 Å². The zero-order chi connectivity index (χ0) is 17.3. The van der Waals surface area contributed by atoms with Crippen molar-refractivity contribution in [3.05, 3.63) is 0 Å². The number of piperidine rings is 1. The molecule has 0 aromatic heterocycles. The van der Waals surface area contributed by atoms with Crippen LogP contribution in [0.25, 0.3) is 0 Å². The second-order valence-electron chi connectivity index (χ2n) is 8.46. The SMILES string of the molecule is CC(C)C(=O)NC1CCN(C(=O)C2CC3CCCC(C2)C3N)CC1.Cl. The van der Waals surface area contributed by atoms with Gasteiger partial charge in [-0.15, -0.1) is 12.4 Å². The van der Waals surface area contributed by atoms with Crippen LogP contribution in [0.4, 0.5) is 0 Å². The van der Waals surface area contributed by atoms with Crippen molar-refractivity contribution in [3.8, 4) is 0 Å². The second kappa shape index (κ2) is 8.72. The lowest BCUT2D eigenvalue weighted by atomic mass is 9.65. The van der Waals surface area contributed by atoms with Gasteiger partial charge in [0, 0.05) is 37.0 Å². The number of carbonyl (C=O) groups is 2. The Morgan fingerprint density at radius 2 is 1.60 bits per heavy atom. The summed E-state index contributed by atoms with van der Waals surface area (Å²) >= 11 is 0. The average Bonchev–Trinajstić information content (AvgIpc) is 2.54. The molecular weight excluding hydrogens is 338 g/mol. The van der Waals surface area contributed by atoms with Crippen LogP contribution >= 0.6 is 12.4 Å². The molecule has 3 fully saturated rings. The summed E-state index contributed by atoms with van der Waals surface area (Å²) in [5, 5.41) is 3.10. The number of hydrogen-bond acceptors (Lipinski definition) is 3. The van der Waals surface area contributed by atoms with Gasteiger partial charge in [0.25, 0.3) is 0 Å². The summed E-state index contributed by atoms with van der Waals surface area (Å²) in [5.74, 6) is 1.77. The van der Waals surface area contributed by atoms with Crippen LogP contribution < -0.4 is 11.1 Å². The lowest BCUT2D eigenvalue weighted by Crippen LogP contribution is -2.52. The minimum Gasteiger partial charge on any atom is -0.353 e. The Balaban J connectivity index is 0.00000225. The summed E-state index contributed by atoms with van der Waals surface area (Å²) in [6.07, 6.45) is 7.41. The summed E-state index contributed by atoms with van der Waals surface area (Å²) in [6, 6.07) is 0.544. The molecule has 2 amide bonds. The molecule has 2 bridgehead atoms. The first-order valence-electron chi connectivity index (χ1n) is 9.80. The number of nitrogens with zero attached hydrogens (tertiary/aromatic N) is 1. The molecule has 0 aromatic carbocycles. The highest BCUT2D eigenvalue weighted by atomic mass is 35.5. The minimum atomic E-state index is 0. The number of amides is 2. The van der Waals surface area contributed by atoms with Gasteiger partial charge in [-0.2, -0.15) is 0 Å². The second-order valence-corrected chi connectivity index (χ2v) is 8.46. The summed E-state index contributed by atoms with van der Waals surface area (Å²) < 4.78 is 0. The molecule has 0 radical (unpaired) electrons. The molecule has 2 saturated carbocycles. The normalized spacial score (nSPS) is 32.9. The number of likely N-dealkylation sites (tertiary alicyclic amines) is 1. The minimum absolute atomic E-state index is 0. The zero-order valence-electron chi connectivity index (χ0n) is 15.6. The van der Waals surface area contributed by atoms with Crippen LogP contribution in [0, 0.1) is 23.7 Å². The maximum absolute atomic E-state index is 12.9. The lowest BCUT2D eigenvalue weighted by molar-refractivity contribution is -0.139. The molecule has 144 valence electrons. The molecule has 2 unspecified atom stereocenters. The summed E-state index contributed by atoms with van der Waals surface area (Å²) in [7, 11) is 0. The third-order valence-electron chi connectivity index (χ3n) is 6.44. The predicted molar refractivity (Wildman–Crippen MR) is 101 cm³/mol. The number of halogens is 1. The van der Waals surface area contributed by atoms with Crippen molar-refractivity contribution < 1.29 is 9.59 Å². The van der Waals surface area contributed by atoms with Crippen LogP contribution in [-0.2, 0) is 9.59 Å². The smallest absolute Gasteiger partial charge is 0.225 e. The summed E-state index contributed by atoms with van der Waals surface area (Å²) in [6.45, 7) is 5.39. The average molecular weight is 372 g/mol. The van der Waals surface area contributed by atoms with Crippen LogP contribution in [0.15, 0.2) is 0 Å². The van der Waals surface area contributed by atoms with Gasteiger partial charge in [-0.3, -0.25) is 9.59 Å². The van der Waals surface area contributed by atoms with E-state index >= 15 is 0 Å². The van der Waals surface area contributed by atoms with Gasteiger partial charge in [0.1, 0.15) is 0 Å². The molecule has 2 atom stereocenters. The van der Waals surface area contributed by atoms with Gasteiger partial charge in [-0.25, -0.2) is 0 Å². The molecule has 3 aliphatic rings. The van der Waals surface area contributed by atoms with Gasteiger partial charge < -0.3 is 16.0 Å². The van der Waals surface area contributed by atoms with Crippen molar-refractivity contribution in [2.45, 2.75) is 70.9 Å². The Kier molecular flexibility index (Phi) is 7.15. The van der Waals surface area contributed by atoms with Gasteiger partial charge >= 0.3 is 0 Å². The van der Waals surface area contributed by atoms with E-state index in [1.54, 1.807) is 0 Å². The van der Waals surface area contributed by atoms with Crippen LogP contribution in [0.3, 0.4) is 0 Å². The van der Waals surface area contributed by atoms with Crippen LogP contribution in [0.5, 0.6) is 0 Å². The fourth-order valence-corrected chi connectivity index (χ4v) is 4.86. The maximum atomic E-state index is 12.9. The molecule has 1 aliphatic heterocycles. The molecule has 0 spiro atoms. The molecule has 6 heteroatoms. The number of fused-ring (bicyclic) bond motifs is 2. The highest BCUT2D eigenvalue weighted by Crippen LogP contribution is 2.42. The fraction of sp³-hybridized carbons (Fsp3) is 0.895. The van der Waals surface area contributed by atoms with E-state index in [0.29, 0.717) is 23.8 Å². The van der Waals surface area contributed by atoms with Crippen LogP contribution in [0.2, 0.25) is 0 Å². The molecule has 2 aliphatic carbocycles. The van der Waals surface area contributed by atoms with Gasteiger partial charge in [0.15, 0.2) is 0 Å². The Morgan fingerprint density at radius 3 is 2.12 bits per heavy atom. The fourth-order valence-electron chi connectivity index (χ4n) is 4.86. The van der Waals surface area contributed by atoms with E-state index in [1.165, 1.54) is 19.3 Å². The van der Waals surface area contributed by atoms with E-state index in [-0.39, 0.29) is 36.2 Å². The van der Waals surface area contributed by atoms with E-state index < -0.39 is 0 Å². The quantitative estimate of drug-likeness (QED) is 0.799. The number of hydrogen-bond donors (Lipinski definition) is 2. The first kappa shape index (κ1) is 20.5. The molecule has 3 rings (SSSR count). The molecule has 25 heavy (non-hydrogen) atoms. The number of rotatable bonds is 3. The zero-order valence-corrected chi connectivity index (χ0v) is 16.4. The van der Waals surface area contributed by atoms with Crippen molar-refractivity contribution in [2.24, 2.45) is 29.4 Å². The number of nitrogens with one attached hydrogen (secondary N) is 1. The third-order valence-corrected chi connectivity index (χ3v) is 6.44. The Hall–Kier alpha value is -0.810. The molecule has 0 aromatic rings. The molecule has 1 heterocycles. The van der Waals surface area contributed by atoms with Crippen LogP contribution in [0.1, 0.15) is 58.8 Å². The monoisotopic (exact) mass is 371 g/mol. The van der Waals surface area contributed by atoms with Gasteiger partial charge in [0.05, 0.1) is 0 Å². The van der Waals surface area contributed by atoms with E-state index in [1.807, 2.05) is 18.7 Å². The summed E-state index contributed by atoms with van der Waals surface area (Å²) in [5.41, 5.74) is 6.35. The Labute approximate surface area is 157 Å². The van der Waals surface area contributed by atoms with Gasteiger partial charge in [0.2, 0.25) is 11.8 Å². The Bertz CT molecular complexity index is 463. The highest BCUT2D eigenvalue weighted by Gasteiger charge is 2.42. The van der Waals surface area contributed by atoms with Crippen molar-refractivity contribution in [3.63, 3.8) is 0 Å². The highest BCUT2D eigenvalue weighted by molar-refractivity contribution is 5.85. The maximum Gasteiger partial charge on any atom is 0.225 e. The molecule has 1 saturated heterocycles. The van der Waals surface area contributed by atoms with Crippen LogP contribution in [-0.4, -0.2) is 41.9 Å². The standard InChI is InChI=1S/C19H33N3O2.ClH/c1-12(2)18(23)21-16-6-8-22(9-7-16)19(24)15-10-13-4-3-5-14(11-15)17(13)20;/h12-17H,3-11,20H2,1-2H3,(H,21,23);1H. The number of nitrogens with two attached hydrogens (primary N) is 1. The van der Waals surface area contributed by atoms with Crippen molar-refractivity contribution >= 4 is 24.2 Å². The predicted octanol–water partition coefficient (Wildman–Crippen LogP) is 2.32. The van der Waals surface area contributed by atoms with Gasteiger partial charge in [-0.05, 0) is 50.4 Å². The van der Waals surface area contributed by atoms with E-state index in [9.17, 15) is 9.59 Å². The molecular formula is C19H34ClN3O2. The topological polar surface area (TPSA) is 75.4 Å². The van der Waals surface area contributed by atoms with E-state index in [4.69, 9.17) is 5.73 Å². The van der Waals surface area contributed by atoms with Crippen molar-refractivity contribution in [1.29, 1.82) is 0 Å². The molecule has 5 nitrogen and oxygen atoms in total. The van der Waals surface area contributed by atoms with Crippen molar-refractivity contribution in [2.75, 3.05) is 13.1 Å². The lowest BCUT2D eigenvalue weighted by Gasteiger charge is -2.45. The largest absolute Gasteiger partial charge is 0.353 e. The molecule has 3 N–H and O–H groups in total. The summed E-state index contributed by atoms with van der Waals surface area (Å²) in [4.78, 5) is 26.8. The van der Waals surface area contributed by atoms with Gasteiger partial charge in [-0.1, -0.05) is 20.3 Å². The Morgan fingerprint density at radius 1 is 1.04 bits per heavy atom. The third kappa shape index (κ3) is 4.68. The van der Waals surface area contributed by atoms with E-state index in [2.05, 4.69) is 5.32 Å².